The van der Waals surface area contributed by atoms with Gasteiger partial charge in [0.1, 0.15) is 0 Å². The standard InChI is InChI=1S/C28H28.C10H15.C2H6/c1-20-18-19-27(25-16-8-7-14-23(20)25)28(22-11-3-2-4-12-22)26-17-9-13-21-10-5-6-15-24(21)26;1-2-4-9(5-3-1)8-10-6-7-10;1-2/h5-10,13-19,22,28H,2-4,11-12H2,1H3;6-7,9H,1-5,8H2;1-2H3. The van der Waals surface area contributed by atoms with Crippen LogP contribution in [0.5, 0.6) is 0 Å². The van der Waals surface area contributed by atoms with Gasteiger partial charge in [0, 0.05) is 12.3 Å². The summed E-state index contributed by atoms with van der Waals surface area (Å²) in [6.07, 6.45) is 20.2. The van der Waals surface area contributed by atoms with E-state index in [4.69, 9.17) is 0 Å². The highest BCUT2D eigenvalue weighted by molar-refractivity contribution is 5.91. The van der Waals surface area contributed by atoms with Gasteiger partial charge >= 0.3 is 0 Å². The predicted molar refractivity (Wildman–Crippen MR) is 176 cm³/mol. The summed E-state index contributed by atoms with van der Waals surface area (Å²) in [5.74, 6) is 2.24. The molecule has 0 saturated heterocycles. The molecule has 0 aromatic heterocycles. The Labute approximate surface area is 243 Å². The summed E-state index contributed by atoms with van der Waals surface area (Å²) in [5.41, 5.74) is 6.02. The van der Waals surface area contributed by atoms with Crippen LogP contribution in [0.2, 0.25) is 0 Å². The molecule has 0 heteroatoms. The summed E-state index contributed by atoms with van der Waals surface area (Å²) < 4.78 is 0. The van der Waals surface area contributed by atoms with E-state index in [1.165, 1.54) is 109 Å². The van der Waals surface area contributed by atoms with Crippen molar-refractivity contribution in [3.8, 4) is 0 Å². The van der Waals surface area contributed by atoms with E-state index < -0.39 is 0 Å². The fourth-order valence-electron chi connectivity index (χ4n) is 7.33. The first-order valence-electron chi connectivity index (χ1n) is 16.3. The Hall–Kier alpha value is -2.86. The van der Waals surface area contributed by atoms with Gasteiger partial charge in [0.2, 0.25) is 0 Å². The van der Waals surface area contributed by atoms with Crippen molar-refractivity contribution in [3.63, 3.8) is 0 Å². The summed E-state index contributed by atoms with van der Waals surface area (Å²) in [6.45, 7) is 6.24. The first-order valence-corrected chi connectivity index (χ1v) is 16.3. The largest absolute Gasteiger partial charge is 0.0766 e. The van der Waals surface area contributed by atoms with Gasteiger partial charge < -0.3 is 0 Å². The van der Waals surface area contributed by atoms with Crippen LogP contribution in [0, 0.1) is 25.2 Å². The SMILES string of the molecule is CC.Cc1ccc(C(c2cccc3ccccc23)C2CCCCC2)c2ccccc12.[CH]1C=C1CC1CCCCC1. The van der Waals surface area contributed by atoms with Gasteiger partial charge in [-0.1, -0.05) is 156 Å². The van der Waals surface area contributed by atoms with Gasteiger partial charge in [-0.15, -0.1) is 0 Å². The number of hydrogen-bond acceptors (Lipinski definition) is 0. The van der Waals surface area contributed by atoms with E-state index in [0.717, 1.165) is 11.8 Å². The molecule has 0 nitrogen and oxygen atoms in total. The van der Waals surface area contributed by atoms with E-state index >= 15 is 0 Å². The van der Waals surface area contributed by atoms with E-state index in [0.29, 0.717) is 5.92 Å². The zero-order valence-electron chi connectivity index (χ0n) is 25.2. The molecule has 2 fully saturated rings. The average molecular weight is 530 g/mol. The number of fused-ring (bicyclic) bond motifs is 2. The third kappa shape index (κ3) is 6.88. The quantitative estimate of drug-likeness (QED) is 0.241. The van der Waals surface area contributed by atoms with Crippen molar-refractivity contribution < 1.29 is 0 Å². The Kier molecular flexibility index (Phi) is 10.1. The first-order chi connectivity index (χ1) is 19.8. The topological polar surface area (TPSA) is 0 Å². The maximum Gasteiger partial charge on any atom is 0.0130 e. The molecule has 1 radical (unpaired) electrons. The van der Waals surface area contributed by atoms with Crippen LogP contribution in [0.15, 0.2) is 90.5 Å². The van der Waals surface area contributed by atoms with Gasteiger partial charge in [0.05, 0.1) is 0 Å². The van der Waals surface area contributed by atoms with Crippen LogP contribution in [0.3, 0.4) is 0 Å². The van der Waals surface area contributed by atoms with Crippen molar-refractivity contribution in [2.45, 2.75) is 97.3 Å². The number of hydrogen-bond donors (Lipinski definition) is 0. The molecular formula is C40H49. The minimum Gasteiger partial charge on any atom is -0.0766 e. The Morgan fingerprint density at radius 2 is 1.18 bits per heavy atom. The van der Waals surface area contributed by atoms with Crippen LogP contribution in [0.25, 0.3) is 21.5 Å². The fraction of sp³-hybridized carbons (Fsp3) is 0.425. The zero-order chi connectivity index (χ0) is 27.7. The highest BCUT2D eigenvalue weighted by atomic mass is 14.3. The van der Waals surface area contributed by atoms with Crippen LogP contribution < -0.4 is 0 Å². The Morgan fingerprint density at radius 1 is 0.600 bits per heavy atom. The number of benzene rings is 4. The number of aryl methyl sites for hydroxylation is 1. The van der Waals surface area contributed by atoms with Crippen LogP contribution in [-0.4, -0.2) is 0 Å². The molecule has 0 aliphatic heterocycles. The van der Waals surface area contributed by atoms with E-state index in [-0.39, 0.29) is 0 Å². The molecular weight excluding hydrogens is 480 g/mol. The summed E-state index contributed by atoms with van der Waals surface area (Å²) in [5, 5.41) is 5.62. The molecule has 7 rings (SSSR count). The summed E-state index contributed by atoms with van der Waals surface area (Å²) in [6, 6.07) is 29.6. The normalized spacial score (nSPS) is 18.2. The minimum atomic E-state index is 0.469. The van der Waals surface area contributed by atoms with Gasteiger partial charge in [-0.3, -0.25) is 0 Å². The highest BCUT2D eigenvalue weighted by Crippen LogP contribution is 2.45. The third-order valence-electron chi connectivity index (χ3n) is 9.44. The second kappa shape index (κ2) is 14.2. The number of allylic oxidation sites excluding steroid dienone is 2. The third-order valence-corrected chi connectivity index (χ3v) is 9.44. The van der Waals surface area contributed by atoms with Crippen LogP contribution in [-0.2, 0) is 0 Å². The molecule has 1 atom stereocenters. The molecule has 0 N–H and O–H groups in total. The monoisotopic (exact) mass is 529 g/mol. The van der Waals surface area contributed by atoms with E-state index in [1.807, 2.05) is 13.8 Å². The molecule has 0 bridgehead atoms. The molecule has 40 heavy (non-hydrogen) atoms. The maximum absolute atomic E-state index is 2.42. The maximum atomic E-state index is 2.42. The first kappa shape index (κ1) is 28.7. The summed E-state index contributed by atoms with van der Waals surface area (Å²) >= 11 is 0. The van der Waals surface area contributed by atoms with Crippen molar-refractivity contribution in [1.82, 2.24) is 0 Å². The molecule has 3 aliphatic rings. The molecule has 4 aromatic rings. The highest BCUT2D eigenvalue weighted by Gasteiger charge is 2.29. The lowest BCUT2D eigenvalue weighted by Gasteiger charge is -2.33. The lowest BCUT2D eigenvalue weighted by atomic mass is 9.71. The Morgan fingerprint density at radius 3 is 1.88 bits per heavy atom. The van der Waals surface area contributed by atoms with Crippen molar-refractivity contribution in [2.24, 2.45) is 11.8 Å². The van der Waals surface area contributed by atoms with Gasteiger partial charge in [0.15, 0.2) is 0 Å². The molecule has 4 aromatic carbocycles. The second-order valence-electron chi connectivity index (χ2n) is 12.1. The van der Waals surface area contributed by atoms with E-state index in [1.54, 1.807) is 5.57 Å². The molecule has 0 heterocycles. The van der Waals surface area contributed by atoms with Crippen LogP contribution >= 0.6 is 0 Å². The second-order valence-corrected chi connectivity index (χ2v) is 12.1. The van der Waals surface area contributed by atoms with Gasteiger partial charge in [-0.25, -0.2) is 0 Å². The van der Waals surface area contributed by atoms with Gasteiger partial charge in [0.25, 0.3) is 0 Å². The van der Waals surface area contributed by atoms with Crippen molar-refractivity contribution in [1.29, 1.82) is 0 Å². The lowest BCUT2D eigenvalue weighted by molar-refractivity contribution is 0.329. The number of rotatable bonds is 5. The summed E-state index contributed by atoms with van der Waals surface area (Å²) in [7, 11) is 0. The lowest BCUT2D eigenvalue weighted by Crippen LogP contribution is -2.18. The van der Waals surface area contributed by atoms with Crippen LogP contribution in [0.1, 0.15) is 107 Å². The minimum absolute atomic E-state index is 0.469. The molecule has 0 amide bonds. The van der Waals surface area contributed by atoms with Gasteiger partial charge in [-0.2, -0.15) is 0 Å². The van der Waals surface area contributed by atoms with E-state index in [9.17, 15) is 0 Å². The molecule has 0 spiro atoms. The van der Waals surface area contributed by atoms with Crippen LogP contribution in [0.4, 0.5) is 0 Å². The molecule has 3 aliphatic carbocycles. The Bertz CT molecular complexity index is 1390. The predicted octanol–water partition coefficient (Wildman–Crippen LogP) is 12.1. The molecule has 1 unspecified atom stereocenters. The fourth-order valence-corrected chi connectivity index (χ4v) is 7.33. The summed E-state index contributed by atoms with van der Waals surface area (Å²) in [4.78, 5) is 0. The van der Waals surface area contributed by atoms with Gasteiger partial charge in [-0.05, 0) is 76.3 Å². The van der Waals surface area contributed by atoms with Crippen molar-refractivity contribution in [2.75, 3.05) is 0 Å². The zero-order valence-corrected chi connectivity index (χ0v) is 25.2. The molecule has 2 saturated carbocycles. The average Bonchev–Trinajstić information content (AvgIpc) is 3.85. The molecule has 209 valence electrons. The Balaban J connectivity index is 0.000000224. The van der Waals surface area contributed by atoms with E-state index in [2.05, 4.69) is 98.3 Å². The van der Waals surface area contributed by atoms with Crippen molar-refractivity contribution >= 4 is 21.5 Å². The van der Waals surface area contributed by atoms with Crippen molar-refractivity contribution in [3.05, 3.63) is 114 Å². The smallest absolute Gasteiger partial charge is 0.0130 e.